The molecule has 0 radical (unpaired) electrons. The molecule has 0 unspecified atom stereocenters. The normalized spacial score (nSPS) is 16.0. The predicted molar refractivity (Wildman–Crippen MR) is 105 cm³/mol. The van der Waals surface area contributed by atoms with E-state index in [-0.39, 0.29) is 5.91 Å². The Labute approximate surface area is 156 Å². The van der Waals surface area contributed by atoms with Crippen LogP contribution in [0.25, 0.3) is 0 Å². The third kappa shape index (κ3) is 5.38. The van der Waals surface area contributed by atoms with Gasteiger partial charge in [-0.1, -0.05) is 32.0 Å². The Hall–Kier alpha value is -2.24. The van der Waals surface area contributed by atoms with Crippen LogP contribution in [-0.4, -0.2) is 53.4 Å². The average Bonchev–Trinajstić information content (AvgIpc) is 2.64. The molecule has 138 valence electrons. The molecule has 0 bridgehead atoms. The van der Waals surface area contributed by atoms with Gasteiger partial charge in [-0.3, -0.25) is 19.6 Å². The second-order valence-electron chi connectivity index (χ2n) is 7.24. The summed E-state index contributed by atoms with van der Waals surface area (Å²) >= 11 is 0. The van der Waals surface area contributed by atoms with E-state index in [1.165, 1.54) is 11.1 Å². The quantitative estimate of drug-likeness (QED) is 0.868. The first kappa shape index (κ1) is 18.5. The van der Waals surface area contributed by atoms with Crippen molar-refractivity contribution >= 4 is 11.6 Å². The second kappa shape index (κ2) is 8.92. The third-order valence-electron chi connectivity index (χ3n) is 4.82. The highest BCUT2D eigenvalue weighted by Gasteiger charge is 2.19. The van der Waals surface area contributed by atoms with Gasteiger partial charge in [0.1, 0.15) is 0 Å². The Morgan fingerprint density at radius 1 is 1.08 bits per heavy atom. The van der Waals surface area contributed by atoms with Crippen LogP contribution < -0.4 is 5.32 Å². The van der Waals surface area contributed by atoms with Crippen molar-refractivity contribution < 1.29 is 4.79 Å². The van der Waals surface area contributed by atoms with Gasteiger partial charge in [-0.25, -0.2) is 0 Å². The summed E-state index contributed by atoms with van der Waals surface area (Å²) in [5.74, 6) is 0.561. The topological polar surface area (TPSA) is 48.5 Å². The molecule has 3 rings (SSSR count). The minimum Gasteiger partial charge on any atom is -0.325 e. The summed E-state index contributed by atoms with van der Waals surface area (Å²) in [7, 11) is 0. The molecule has 0 atom stereocenters. The molecule has 1 saturated heterocycles. The number of rotatable bonds is 6. The van der Waals surface area contributed by atoms with Crippen molar-refractivity contribution in [1.29, 1.82) is 0 Å². The van der Waals surface area contributed by atoms with Gasteiger partial charge in [0.15, 0.2) is 0 Å². The Morgan fingerprint density at radius 3 is 2.38 bits per heavy atom. The standard InChI is InChI=1S/C21H28N4O/c1-17(2)19-5-7-20(8-6-19)23-21(26)16-25-12-10-24(11-13-25)15-18-4-3-9-22-14-18/h3-9,14,17H,10-13,15-16H2,1-2H3,(H,23,26). The van der Waals surface area contributed by atoms with E-state index in [0.717, 1.165) is 38.4 Å². The molecule has 2 aromatic rings. The number of carbonyl (C=O) groups is 1. The fraction of sp³-hybridized carbons (Fsp3) is 0.429. The van der Waals surface area contributed by atoms with Crippen LogP contribution in [0.3, 0.4) is 0 Å². The molecule has 5 nitrogen and oxygen atoms in total. The molecular weight excluding hydrogens is 324 g/mol. The number of nitrogens with one attached hydrogen (secondary N) is 1. The number of anilines is 1. The lowest BCUT2D eigenvalue weighted by molar-refractivity contribution is -0.117. The zero-order valence-electron chi connectivity index (χ0n) is 15.7. The Kier molecular flexibility index (Phi) is 6.36. The molecule has 1 aliphatic heterocycles. The number of amides is 1. The van der Waals surface area contributed by atoms with E-state index in [2.05, 4.69) is 52.1 Å². The van der Waals surface area contributed by atoms with Crippen molar-refractivity contribution in [2.45, 2.75) is 26.3 Å². The van der Waals surface area contributed by atoms with Crippen molar-refractivity contribution in [3.05, 3.63) is 59.9 Å². The number of carbonyl (C=O) groups excluding carboxylic acids is 1. The molecule has 1 amide bonds. The molecule has 1 fully saturated rings. The maximum atomic E-state index is 12.3. The fourth-order valence-electron chi connectivity index (χ4n) is 3.21. The second-order valence-corrected chi connectivity index (χ2v) is 7.24. The van der Waals surface area contributed by atoms with Gasteiger partial charge < -0.3 is 5.32 Å². The number of nitrogens with zero attached hydrogens (tertiary/aromatic N) is 3. The minimum absolute atomic E-state index is 0.0583. The smallest absolute Gasteiger partial charge is 0.238 e. The first-order chi connectivity index (χ1) is 12.6. The molecule has 2 heterocycles. The highest BCUT2D eigenvalue weighted by atomic mass is 16.2. The maximum Gasteiger partial charge on any atom is 0.238 e. The van der Waals surface area contributed by atoms with E-state index in [0.29, 0.717) is 12.5 Å². The van der Waals surface area contributed by atoms with Crippen LogP contribution in [0.2, 0.25) is 0 Å². The van der Waals surface area contributed by atoms with E-state index < -0.39 is 0 Å². The first-order valence-corrected chi connectivity index (χ1v) is 9.33. The number of aromatic nitrogens is 1. The zero-order valence-corrected chi connectivity index (χ0v) is 15.7. The average molecular weight is 352 g/mol. The van der Waals surface area contributed by atoms with Crippen molar-refractivity contribution in [1.82, 2.24) is 14.8 Å². The summed E-state index contributed by atoms with van der Waals surface area (Å²) < 4.78 is 0. The Balaban J connectivity index is 1.41. The lowest BCUT2D eigenvalue weighted by atomic mass is 10.0. The van der Waals surface area contributed by atoms with Crippen molar-refractivity contribution in [3.8, 4) is 0 Å². The van der Waals surface area contributed by atoms with Gasteiger partial charge in [0, 0.05) is 50.8 Å². The number of piperazine rings is 1. The van der Waals surface area contributed by atoms with Gasteiger partial charge in [0.05, 0.1) is 6.54 Å². The largest absolute Gasteiger partial charge is 0.325 e. The Morgan fingerprint density at radius 2 is 1.77 bits per heavy atom. The number of hydrogen-bond acceptors (Lipinski definition) is 4. The summed E-state index contributed by atoms with van der Waals surface area (Å²) in [4.78, 5) is 21.1. The SMILES string of the molecule is CC(C)c1ccc(NC(=O)CN2CCN(Cc3cccnc3)CC2)cc1. The van der Waals surface area contributed by atoms with Crippen molar-refractivity contribution in [2.75, 3.05) is 38.0 Å². The number of benzene rings is 1. The number of pyridine rings is 1. The van der Waals surface area contributed by atoms with Gasteiger partial charge in [0.2, 0.25) is 5.91 Å². The van der Waals surface area contributed by atoms with Gasteiger partial charge in [-0.05, 0) is 35.2 Å². The maximum absolute atomic E-state index is 12.3. The van der Waals surface area contributed by atoms with Crippen LogP contribution in [0.5, 0.6) is 0 Å². The Bertz CT molecular complexity index is 692. The summed E-state index contributed by atoms with van der Waals surface area (Å²) in [6, 6.07) is 12.2. The molecule has 26 heavy (non-hydrogen) atoms. The van der Waals surface area contributed by atoms with Crippen LogP contribution in [0.1, 0.15) is 30.9 Å². The minimum atomic E-state index is 0.0583. The van der Waals surface area contributed by atoms with Gasteiger partial charge in [-0.2, -0.15) is 0 Å². The fourth-order valence-corrected chi connectivity index (χ4v) is 3.21. The van der Waals surface area contributed by atoms with Crippen molar-refractivity contribution in [2.24, 2.45) is 0 Å². The number of hydrogen-bond donors (Lipinski definition) is 1. The zero-order chi connectivity index (χ0) is 18.4. The molecule has 5 heteroatoms. The van der Waals surface area contributed by atoms with Gasteiger partial charge in [-0.15, -0.1) is 0 Å². The van der Waals surface area contributed by atoms with E-state index in [9.17, 15) is 4.79 Å². The summed E-state index contributed by atoms with van der Waals surface area (Å²) in [5.41, 5.74) is 3.39. The first-order valence-electron chi connectivity index (χ1n) is 9.33. The highest BCUT2D eigenvalue weighted by Crippen LogP contribution is 2.17. The molecule has 0 aliphatic carbocycles. The lowest BCUT2D eigenvalue weighted by Gasteiger charge is -2.34. The lowest BCUT2D eigenvalue weighted by Crippen LogP contribution is -2.48. The third-order valence-corrected chi connectivity index (χ3v) is 4.82. The summed E-state index contributed by atoms with van der Waals surface area (Å²) in [5, 5.41) is 3.00. The molecule has 0 saturated carbocycles. The summed E-state index contributed by atoms with van der Waals surface area (Å²) in [6.45, 7) is 9.50. The van der Waals surface area contributed by atoms with Gasteiger partial charge >= 0.3 is 0 Å². The van der Waals surface area contributed by atoms with Crippen molar-refractivity contribution in [3.63, 3.8) is 0 Å². The highest BCUT2D eigenvalue weighted by molar-refractivity contribution is 5.92. The molecule has 1 aromatic heterocycles. The molecule has 1 N–H and O–H groups in total. The van der Waals surface area contributed by atoms with E-state index in [1.54, 1.807) is 6.20 Å². The van der Waals surface area contributed by atoms with Crippen LogP contribution in [0.4, 0.5) is 5.69 Å². The predicted octanol–water partition coefficient (Wildman–Crippen LogP) is 2.96. The monoisotopic (exact) mass is 352 g/mol. The van der Waals surface area contributed by atoms with Crippen LogP contribution in [0, 0.1) is 0 Å². The molecule has 1 aliphatic rings. The summed E-state index contributed by atoms with van der Waals surface area (Å²) in [6.07, 6.45) is 3.72. The van der Waals surface area contributed by atoms with Crippen LogP contribution in [-0.2, 0) is 11.3 Å². The molecular formula is C21H28N4O. The van der Waals surface area contributed by atoms with E-state index in [1.807, 2.05) is 24.4 Å². The van der Waals surface area contributed by atoms with Crippen LogP contribution in [0.15, 0.2) is 48.8 Å². The van der Waals surface area contributed by atoms with Gasteiger partial charge in [0.25, 0.3) is 0 Å². The van der Waals surface area contributed by atoms with E-state index in [4.69, 9.17) is 0 Å². The van der Waals surface area contributed by atoms with E-state index >= 15 is 0 Å². The molecule has 0 spiro atoms. The molecule has 1 aromatic carbocycles. The van der Waals surface area contributed by atoms with Crippen LogP contribution >= 0.6 is 0 Å².